The van der Waals surface area contributed by atoms with E-state index >= 15 is 0 Å². The van der Waals surface area contributed by atoms with Gasteiger partial charge in [-0.3, -0.25) is 0 Å². The number of rotatable bonds is 9. The molecule has 0 aromatic heterocycles. The highest BCUT2D eigenvalue weighted by Gasteiger charge is 2.18. The van der Waals surface area contributed by atoms with Crippen LogP contribution in [0.2, 0.25) is 0 Å². The highest BCUT2D eigenvalue weighted by atomic mass is 16.5. The molecule has 3 nitrogen and oxygen atoms in total. The van der Waals surface area contributed by atoms with Gasteiger partial charge in [-0.15, -0.1) is 6.58 Å². The van der Waals surface area contributed by atoms with Gasteiger partial charge in [0.15, 0.2) is 0 Å². The van der Waals surface area contributed by atoms with Crippen molar-refractivity contribution < 1.29 is 14.9 Å². The van der Waals surface area contributed by atoms with Gasteiger partial charge in [0.05, 0.1) is 6.61 Å². The van der Waals surface area contributed by atoms with Crippen LogP contribution in [-0.2, 0) is 9.84 Å². The molecule has 0 saturated carbocycles. The molecule has 0 aliphatic heterocycles. The number of hydrogen-bond acceptors (Lipinski definition) is 2. The molecule has 0 aliphatic rings. The number of aliphatic hydroxyl groups excluding tert-OH is 1. The van der Waals surface area contributed by atoms with Crippen molar-refractivity contribution in [3.05, 3.63) is 12.7 Å². The summed E-state index contributed by atoms with van der Waals surface area (Å²) in [5.41, 5.74) is 0. The Bertz CT molecular complexity index is 136. The molecule has 0 aromatic carbocycles. The van der Waals surface area contributed by atoms with Crippen LogP contribution in [0, 0.1) is 0 Å². The molecule has 0 heterocycles. The first-order valence-corrected chi connectivity index (χ1v) is 5.25. The van der Waals surface area contributed by atoms with Crippen LogP contribution in [0.5, 0.6) is 0 Å². The Morgan fingerprint density at radius 1 is 1.50 bits per heavy atom. The number of hydrogen-bond donors (Lipinski definition) is 1. The number of aliphatic hydroxyl groups is 1. The average molecular weight is 201 g/mol. The zero-order valence-corrected chi connectivity index (χ0v) is 8.95. The van der Waals surface area contributed by atoms with Crippen LogP contribution in [0.4, 0.5) is 0 Å². The highest BCUT2D eigenvalue weighted by Crippen LogP contribution is 2.06. The summed E-state index contributed by atoms with van der Waals surface area (Å²) in [4.78, 5) is 0. The lowest BCUT2D eigenvalue weighted by molar-refractivity contribution is -0.0872. The second kappa shape index (κ2) is 9.19. The summed E-state index contributed by atoms with van der Waals surface area (Å²) in [6, 6.07) is 0. The van der Waals surface area contributed by atoms with Crippen LogP contribution in [0.3, 0.4) is 0 Å². The molecule has 0 amide bonds. The van der Waals surface area contributed by atoms with Gasteiger partial charge in [-0.25, -0.2) is 5.11 Å². The predicted molar refractivity (Wildman–Crippen MR) is 55.6 cm³/mol. The molecule has 0 aliphatic carbocycles. The molecule has 1 N–H and O–H groups in total. The van der Waals surface area contributed by atoms with E-state index in [0.29, 0.717) is 13.0 Å². The molecule has 0 saturated heterocycles. The van der Waals surface area contributed by atoms with Gasteiger partial charge in [-0.05, 0) is 12.8 Å². The minimum absolute atomic E-state index is 0.200. The number of unbranched alkanes of at least 4 members (excludes halogenated alkanes) is 2. The maximum atomic E-state index is 11.4. The zero-order chi connectivity index (χ0) is 10.8. The summed E-state index contributed by atoms with van der Waals surface area (Å²) in [6.45, 7) is 5.96. The van der Waals surface area contributed by atoms with Gasteiger partial charge in [-0.1, -0.05) is 25.8 Å². The van der Waals surface area contributed by atoms with Crippen LogP contribution in [0.25, 0.3) is 0 Å². The Morgan fingerprint density at radius 3 is 2.71 bits per heavy atom. The summed E-state index contributed by atoms with van der Waals surface area (Å²) >= 11 is 0. The third kappa shape index (κ3) is 6.13. The van der Waals surface area contributed by atoms with E-state index in [9.17, 15) is 5.11 Å². The molecule has 2 atom stereocenters. The Labute approximate surface area is 86.4 Å². The molecule has 0 rings (SSSR count). The van der Waals surface area contributed by atoms with E-state index in [1.807, 2.05) is 0 Å². The number of ether oxygens (including phenoxy) is 1. The fraction of sp³-hybridized carbons (Fsp3) is 0.818. The van der Waals surface area contributed by atoms with Crippen LogP contribution in [0.15, 0.2) is 12.7 Å². The molecule has 0 spiro atoms. The first-order chi connectivity index (χ1) is 6.76. The van der Waals surface area contributed by atoms with E-state index in [2.05, 4.69) is 13.5 Å². The average Bonchev–Trinajstić information content (AvgIpc) is 2.18. The fourth-order valence-electron chi connectivity index (χ4n) is 1.18. The van der Waals surface area contributed by atoms with Gasteiger partial charge in [-0.2, -0.15) is 0 Å². The summed E-state index contributed by atoms with van der Waals surface area (Å²) in [5.74, 6) is 0. The molecule has 1 radical (unpaired) electrons. The van der Waals surface area contributed by atoms with Crippen molar-refractivity contribution in [2.45, 2.75) is 44.8 Å². The van der Waals surface area contributed by atoms with Gasteiger partial charge in [0.2, 0.25) is 0 Å². The maximum absolute atomic E-state index is 11.4. The van der Waals surface area contributed by atoms with Crippen LogP contribution >= 0.6 is 0 Å². The van der Waals surface area contributed by atoms with Crippen molar-refractivity contribution in [1.82, 2.24) is 0 Å². The minimum atomic E-state index is -0.890. The summed E-state index contributed by atoms with van der Waals surface area (Å²) in [5, 5.41) is 20.3. The molecular formula is C11H21O3. The summed E-state index contributed by atoms with van der Waals surface area (Å²) in [7, 11) is 0. The Kier molecular flexibility index (Phi) is 8.94. The Balaban J connectivity index is 3.61. The lowest BCUT2D eigenvalue weighted by atomic mass is 10.1. The van der Waals surface area contributed by atoms with Gasteiger partial charge in [0, 0.05) is 6.61 Å². The van der Waals surface area contributed by atoms with Crippen molar-refractivity contribution in [3.63, 3.8) is 0 Å². The third-order valence-corrected chi connectivity index (χ3v) is 2.07. The molecular weight excluding hydrogens is 180 g/mol. The maximum Gasteiger partial charge on any atom is 0.125 e. The van der Waals surface area contributed by atoms with Gasteiger partial charge in [0.1, 0.15) is 12.2 Å². The van der Waals surface area contributed by atoms with E-state index in [-0.39, 0.29) is 6.61 Å². The van der Waals surface area contributed by atoms with E-state index in [4.69, 9.17) is 9.84 Å². The second-order valence-electron chi connectivity index (χ2n) is 3.36. The topological polar surface area (TPSA) is 49.4 Å². The van der Waals surface area contributed by atoms with Gasteiger partial charge >= 0.3 is 0 Å². The first kappa shape index (κ1) is 13.6. The van der Waals surface area contributed by atoms with Crippen LogP contribution < -0.4 is 0 Å². The molecule has 83 valence electrons. The SMILES string of the molecule is C=CCC([O])[C@H](CO)OCCCCC. The minimum Gasteiger partial charge on any atom is -0.394 e. The van der Waals surface area contributed by atoms with E-state index in [1.54, 1.807) is 6.08 Å². The molecule has 0 fully saturated rings. The van der Waals surface area contributed by atoms with Gasteiger partial charge < -0.3 is 9.84 Å². The lowest BCUT2D eigenvalue weighted by Crippen LogP contribution is -2.31. The normalized spacial score (nSPS) is 15.1. The predicted octanol–water partition coefficient (Wildman–Crippen LogP) is 1.93. The van der Waals surface area contributed by atoms with Crippen molar-refractivity contribution in [2.24, 2.45) is 0 Å². The molecule has 14 heavy (non-hydrogen) atoms. The van der Waals surface area contributed by atoms with Crippen LogP contribution in [-0.4, -0.2) is 30.5 Å². The van der Waals surface area contributed by atoms with E-state index < -0.39 is 12.2 Å². The zero-order valence-electron chi connectivity index (χ0n) is 8.95. The Morgan fingerprint density at radius 2 is 2.21 bits per heavy atom. The van der Waals surface area contributed by atoms with Crippen molar-refractivity contribution >= 4 is 0 Å². The molecule has 0 bridgehead atoms. The largest absolute Gasteiger partial charge is 0.394 e. The summed E-state index contributed by atoms with van der Waals surface area (Å²) < 4.78 is 5.30. The monoisotopic (exact) mass is 201 g/mol. The highest BCUT2D eigenvalue weighted by molar-refractivity contribution is 4.77. The fourth-order valence-corrected chi connectivity index (χ4v) is 1.18. The lowest BCUT2D eigenvalue weighted by Gasteiger charge is -2.18. The standard InChI is InChI=1S/C11H21O3/c1-3-5-6-8-14-11(9-12)10(13)7-4-2/h4,10-12H,2-3,5-9H2,1H3/t10?,11-/m0/s1. The summed E-state index contributed by atoms with van der Waals surface area (Å²) in [6.07, 6.45) is 3.62. The van der Waals surface area contributed by atoms with E-state index in [0.717, 1.165) is 19.3 Å². The van der Waals surface area contributed by atoms with E-state index in [1.165, 1.54) is 0 Å². The molecule has 1 unspecified atom stereocenters. The van der Waals surface area contributed by atoms with Crippen molar-refractivity contribution in [2.75, 3.05) is 13.2 Å². The molecule has 0 aromatic rings. The third-order valence-electron chi connectivity index (χ3n) is 2.07. The smallest absolute Gasteiger partial charge is 0.125 e. The van der Waals surface area contributed by atoms with Crippen LogP contribution in [0.1, 0.15) is 32.6 Å². The Hall–Kier alpha value is -0.380. The van der Waals surface area contributed by atoms with Crippen molar-refractivity contribution in [1.29, 1.82) is 0 Å². The quantitative estimate of drug-likeness (QED) is 0.457. The van der Waals surface area contributed by atoms with Gasteiger partial charge in [0.25, 0.3) is 0 Å². The second-order valence-corrected chi connectivity index (χ2v) is 3.36. The molecule has 3 heteroatoms. The first-order valence-electron chi connectivity index (χ1n) is 5.25. The van der Waals surface area contributed by atoms with Crippen molar-refractivity contribution in [3.8, 4) is 0 Å².